The molecular weight excluding hydrogens is 284 g/mol. The zero-order valence-electron chi connectivity index (χ0n) is 12.9. The molecule has 0 saturated carbocycles. The van der Waals surface area contributed by atoms with Crippen molar-refractivity contribution in [3.63, 3.8) is 0 Å². The van der Waals surface area contributed by atoms with Crippen LogP contribution in [0.1, 0.15) is 34.6 Å². The van der Waals surface area contributed by atoms with Crippen molar-refractivity contribution in [2.75, 3.05) is 6.54 Å². The van der Waals surface area contributed by atoms with E-state index in [0.717, 1.165) is 11.5 Å². The van der Waals surface area contributed by atoms with E-state index >= 15 is 0 Å². The lowest BCUT2D eigenvalue weighted by Crippen LogP contribution is -2.30. The largest absolute Gasteiger partial charge is 0.484 e. The van der Waals surface area contributed by atoms with E-state index in [1.807, 2.05) is 13.8 Å². The first-order chi connectivity index (χ1) is 10.5. The molecule has 2 N–H and O–H groups in total. The Hall–Kier alpha value is -2.34. The van der Waals surface area contributed by atoms with Crippen LogP contribution >= 0.6 is 0 Å². The van der Waals surface area contributed by atoms with Crippen molar-refractivity contribution in [1.82, 2.24) is 10.3 Å². The van der Waals surface area contributed by atoms with Gasteiger partial charge in [0.1, 0.15) is 11.5 Å². The van der Waals surface area contributed by atoms with Crippen LogP contribution in [-0.2, 0) is 6.61 Å². The molecule has 2 rings (SSSR count). The zero-order chi connectivity index (χ0) is 16.1. The smallest absolute Gasteiger partial charge is 0.251 e. The fourth-order valence-electron chi connectivity index (χ4n) is 1.82. The first kappa shape index (κ1) is 16.0. The molecular formula is C16H20N2O4. The number of carbonyl (C=O) groups excluding carboxylic acids is 1. The van der Waals surface area contributed by atoms with Crippen molar-refractivity contribution >= 4 is 5.91 Å². The van der Waals surface area contributed by atoms with Gasteiger partial charge in [-0.2, -0.15) is 0 Å². The highest BCUT2D eigenvalue weighted by molar-refractivity contribution is 5.94. The van der Waals surface area contributed by atoms with Gasteiger partial charge >= 0.3 is 0 Å². The van der Waals surface area contributed by atoms with Gasteiger partial charge in [0.05, 0.1) is 11.8 Å². The minimum atomic E-state index is -0.583. The Morgan fingerprint density at radius 1 is 1.45 bits per heavy atom. The lowest BCUT2D eigenvalue weighted by Gasteiger charge is -2.09. The number of nitrogens with zero attached hydrogens (tertiary/aromatic N) is 1. The van der Waals surface area contributed by atoms with Crippen LogP contribution in [0.15, 0.2) is 28.7 Å². The summed E-state index contributed by atoms with van der Waals surface area (Å²) in [5.41, 5.74) is 1.31. The maximum Gasteiger partial charge on any atom is 0.251 e. The van der Waals surface area contributed by atoms with Crippen LogP contribution in [0.2, 0.25) is 0 Å². The predicted octanol–water partition coefficient (Wildman–Crippen LogP) is 1.98. The second-order valence-electron chi connectivity index (χ2n) is 5.12. The van der Waals surface area contributed by atoms with Gasteiger partial charge in [-0.15, -0.1) is 0 Å². The van der Waals surface area contributed by atoms with E-state index in [4.69, 9.17) is 9.15 Å². The van der Waals surface area contributed by atoms with E-state index in [2.05, 4.69) is 10.3 Å². The minimum Gasteiger partial charge on any atom is -0.484 e. The summed E-state index contributed by atoms with van der Waals surface area (Å²) in [5, 5.41) is 11.8. The van der Waals surface area contributed by atoms with E-state index in [1.165, 1.54) is 0 Å². The molecule has 2 aromatic rings. The van der Waals surface area contributed by atoms with Gasteiger partial charge in [0, 0.05) is 12.1 Å². The van der Waals surface area contributed by atoms with E-state index in [1.54, 1.807) is 31.2 Å². The Labute approximate surface area is 129 Å². The van der Waals surface area contributed by atoms with Crippen molar-refractivity contribution in [3.05, 3.63) is 47.2 Å². The van der Waals surface area contributed by atoms with Crippen molar-refractivity contribution in [2.45, 2.75) is 33.5 Å². The molecule has 0 saturated heterocycles. The number of benzene rings is 1. The van der Waals surface area contributed by atoms with Gasteiger partial charge in [-0.05, 0) is 39.0 Å². The number of hydrogen-bond donors (Lipinski definition) is 2. The standard InChI is InChI=1S/C16H20N2O4/c1-10(19)8-17-16(20)13-5-4-6-14(7-13)21-9-15-18-11(2)12(3)22-15/h4-7,10,19H,8-9H2,1-3H3,(H,17,20)/t10-/m0/s1. The van der Waals surface area contributed by atoms with Gasteiger partial charge in [0.25, 0.3) is 5.91 Å². The summed E-state index contributed by atoms with van der Waals surface area (Å²) in [7, 11) is 0. The fourth-order valence-corrected chi connectivity index (χ4v) is 1.82. The Morgan fingerprint density at radius 3 is 2.86 bits per heavy atom. The molecule has 22 heavy (non-hydrogen) atoms. The third kappa shape index (κ3) is 4.33. The van der Waals surface area contributed by atoms with Crippen molar-refractivity contribution in [1.29, 1.82) is 0 Å². The number of rotatable bonds is 6. The predicted molar refractivity (Wildman–Crippen MR) is 80.8 cm³/mol. The van der Waals surface area contributed by atoms with E-state index < -0.39 is 6.10 Å². The van der Waals surface area contributed by atoms with Gasteiger partial charge in [-0.25, -0.2) is 4.98 Å². The molecule has 1 atom stereocenters. The molecule has 0 unspecified atom stereocenters. The van der Waals surface area contributed by atoms with Crippen LogP contribution in [0.25, 0.3) is 0 Å². The number of aryl methyl sites for hydroxylation is 2. The number of aliphatic hydroxyl groups is 1. The molecule has 0 aliphatic heterocycles. The molecule has 6 nitrogen and oxygen atoms in total. The van der Waals surface area contributed by atoms with Gasteiger partial charge in [0.2, 0.25) is 5.89 Å². The Bertz CT molecular complexity index is 630. The van der Waals surface area contributed by atoms with Gasteiger partial charge in [-0.1, -0.05) is 6.07 Å². The van der Waals surface area contributed by atoms with E-state index in [-0.39, 0.29) is 19.1 Å². The van der Waals surface area contributed by atoms with Crippen LogP contribution in [0.3, 0.4) is 0 Å². The number of ether oxygens (including phenoxy) is 1. The Balaban J connectivity index is 1.97. The minimum absolute atomic E-state index is 0.202. The average Bonchev–Trinajstić information content (AvgIpc) is 2.81. The summed E-state index contributed by atoms with van der Waals surface area (Å²) < 4.78 is 11.0. The maximum atomic E-state index is 11.9. The topological polar surface area (TPSA) is 84.6 Å². The van der Waals surface area contributed by atoms with Crippen molar-refractivity contribution < 1.29 is 19.1 Å². The molecule has 1 aromatic carbocycles. The molecule has 1 amide bonds. The third-order valence-electron chi connectivity index (χ3n) is 3.09. The molecule has 0 bridgehead atoms. The Kier molecular flexibility index (Phi) is 5.16. The fraction of sp³-hybridized carbons (Fsp3) is 0.375. The SMILES string of the molecule is Cc1nc(COc2cccc(C(=O)NC[C@H](C)O)c2)oc1C. The Morgan fingerprint density at radius 2 is 2.23 bits per heavy atom. The monoisotopic (exact) mass is 304 g/mol. The molecule has 1 heterocycles. The first-order valence-corrected chi connectivity index (χ1v) is 7.07. The van der Waals surface area contributed by atoms with Crippen LogP contribution in [0.4, 0.5) is 0 Å². The number of oxazole rings is 1. The third-order valence-corrected chi connectivity index (χ3v) is 3.09. The summed E-state index contributed by atoms with van der Waals surface area (Å²) in [6.07, 6.45) is -0.583. The summed E-state index contributed by atoms with van der Waals surface area (Å²) in [4.78, 5) is 16.1. The molecule has 0 spiro atoms. The lowest BCUT2D eigenvalue weighted by atomic mass is 10.2. The average molecular weight is 304 g/mol. The zero-order valence-corrected chi connectivity index (χ0v) is 12.9. The van der Waals surface area contributed by atoms with Crippen LogP contribution in [0.5, 0.6) is 5.75 Å². The number of hydrogen-bond acceptors (Lipinski definition) is 5. The quantitative estimate of drug-likeness (QED) is 0.852. The maximum absolute atomic E-state index is 11.9. The summed E-state index contributed by atoms with van der Waals surface area (Å²) in [6, 6.07) is 6.82. The van der Waals surface area contributed by atoms with Crippen molar-refractivity contribution in [2.24, 2.45) is 0 Å². The van der Waals surface area contributed by atoms with Gasteiger partial charge in [0.15, 0.2) is 6.61 Å². The summed E-state index contributed by atoms with van der Waals surface area (Å²) >= 11 is 0. The van der Waals surface area contributed by atoms with E-state index in [9.17, 15) is 9.90 Å². The van der Waals surface area contributed by atoms with Gasteiger partial charge in [-0.3, -0.25) is 4.79 Å². The highest BCUT2D eigenvalue weighted by Gasteiger charge is 2.09. The molecule has 1 aromatic heterocycles. The number of nitrogens with one attached hydrogen (secondary N) is 1. The number of carbonyl (C=O) groups is 1. The van der Waals surface area contributed by atoms with Crippen LogP contribution in [0, 0.1) is 13.8 Å². The second-order valence-corrected chi connectivity index (χ2v) is 5.12. The molecule has 118 valence electrons. The highest BCUT2D eigenvalue weighted by atomic mass is 16.5. The number of amides is 1. The van der Waals surface area contributed by atoms with Gasteiger partial charge < -0.3 is 19.6 Å². The second kappa shape index (κ2) is 7.09. The number of aromatic nitrogens is 1. The summed E-state index contributed by atoms with van der Waals surface area (Å²) in [5.74, 6) is 1.57. The molecule has 6 heteroatoms. The number of aliphatic hydroxyl groups excluding tert-OH is 1. The lowest BCUT2D eigenvalue weighted by molar-refractivity contribution is 0.0923. The summed E-state index contributed by atoms with van der Waals surface area (Å²) in [6.45, 7) is 5.74. The molecule has 0 radical (unpaired) electrons. The first-order valence-electron chi connectivity index (χ1n) is 7.07. The highest BCUT2D eigenvalue weighted by Crippen LogP contribution is 2.16. The van der Waals surface area contributed by atoms with Crippen LogP contribution in [-0.4, -0.2) is 28.6 Å². The molecule has 0 fully saturated rings. The normalized spacial score (nSPS) is 12.0. The molecule has 0 aliphatic rings. The van der Waals surface area contributed by atoms with Crippen LogP contribution < -0.4 is 10.1 Å². The van der Waals surface area contributed by atoms with Crippen molar-refractivity contribution in [3.8, 4) is 5.75 Å². The van der Waals surface area contributed by atoms with E-state index in [0.29, 0.717) is 17.2 Å². The molecule has 0 aliphatic carbocycles.